The predicted molar refractivity (Wildman–Crippen MR) is 98.5 cm³/mol. The summed E-state index contributed by atoms with van der Waals surface area (Å²) in [5.41, 5.74) is 2.64. The number of pyridine rings is 1. The van der Waals surface area contributed by atoms with E-state index in [-0.39, 0.29) is 12.0 Å². The molecule has 1 aliphatic rings. The number of hydrogen-bond donors (Lipinski definition) is 0. The quantitative estimate of drug-likeness (QED) is 0.840. The standard InChI is InChI=1S/C20H25N3O2/c1-22-14-19(25-3)10-18(22)13-23(2)20(24)17-9-16(11-21-12-17)15-7-5-4-6-8-15/h4-9,11-12,18-19H,10,13-14H2,1-3H3/t18-,19-/m0/s1. The van der Waals surface area contributed by atoms with E-state index in [9.17, 15) is 4.79 Å². The first-order chi connectivity index (χ1) is 12.1. The smallest absolute Gasteiger partial charge is 0.255 e. The molecule has 1 amide bonds. The van der Waals surface area contributed by atoms with Crippen molar-refractivity contribution < 1.29 is 9.53 Å². The van der Waals surface area contributed by atoms with Crippen molar-refractivity contribution in [2.24, 2.45) is 0 Å². The van der Waals surface area contributed by atoms with E-state index in [0.29, 0.717) is 18.2 Å². The summed E-state index contributed by atoms with van der Waals surface area (Å²) in [5.74, 6) is -0.000419. The summed E-state index contributed by atoms with van der Waals surface area (Å²) in [7, 11) is 5.68. The molecule has 2 heterocycles. The Morgan fingerprint density at radius 1 is 1.28 bits per heavy atom. The van der Waals surface area contributed by atoms with Gasteiger partial charge in [0.05, 0.1) is 11.7 Å². The van der Waals surface area contributed by atoms with Crippen LogP contribution >= 0.6 is 0 Å². The molecule has 5 heteroatoms. The first-order valence-electron chi connectivity index (χ1n) is 8.57. The monoisotopic (exact) mass is 339 g/mol. The third-order valence-corrected chi connectivity index (χ3v) is 4.91. The highest BCUT2D eigenvalue weighted by atomic mass is 16.5. The summed E-state index contributed by atoms with van der Waals surface area (Å²) in [6.45, 7) is 1.60. The van der Waals surface area contributed by atoms with Gasteiger partial charge in [0.1, 0.15) is 0 Å². The SMILES string of the molecule is CO[C@H]1C[C@@H](CN(C)C(=O)c2cncc(-c3ccccc3)c2)N(C)C1. The normalized spacial score (nSPS) is 20.6. The van der Waals surface area contributed by atoms with E-state index in [4.69, 9.17) is 4.74 Å². The molecular weight excluding hydrogens is 314 g/mol. The fraction of sp³-hybridized carbons (Fsp3) is 0.400. The topological polar surface area (TPSA) is 45.7 Å². The molecule has 5 nitrogen and oxygen atoms in total. The molecule has 1 aromatic heterocycles. The van der Waals surface area contributed by atoms with Crippen LogP contribution < -0.4 is 0 Å². The second-order valence-electron chi connectivity index (χ2n) is 6.70. The highest BCUT2D eigenvalue weighted by Crippen LogP contribution is 2.21. The molecule has 1 aliphatic heterocycles. The van der Waals surface area contributed by atoms with Crippen LogP contribution in [0.2, 0.25) is 0 Å². The van der Waals surface area contributed by atoms with Gasteiger partial charge in [0.15, 0.2) is 0 Å². The highest BCUT2D eigenvalue weighted by molar-refractivity contribution is 5.95. The minimum absolute atomic E-state index is 0.000419. The van der Waals surface area contributed by atoms with E-state index in [2.05, 4.69) is 16.9 Å². The molecule has 0 bridgehead atoms. The number of hydrogen-bond acceptors (Lipinski definition) is 4. The lowest BCUT2D eigenvalue weighted by Crippen LogP contribution is -2.39. The van der Waals surface area contributed by atoms with Gasteiger partial charge in [-0.25, -0.2) is 0 Å². The van der Waals surface area contributed by atoms with Gasteiger partial charge in [-0.3, -0.25) is 14.7 Å². The summed E-state index contributed by atoms with van der Waals surface area (Å²) in [5, 5.41) is 0. The van der Waals surface area contributed by atoms with Gasteiger partial charge in [0.25, 0.3) is 5.91 Å². The number of carbonyl (C=O) groups excluding carboxylic acids is 1. The van der Waals surface area contributed by atoms with Crippen molar-refractivity contribution in [3.8, 4) is 11.1 Å². The molecule has 1 fully saturated rings. The Balaban J connectivity index is 1.70. The highest BCUT2D eigenvalue weighted by Gasteiger charge is 2.31. The van der Waals surface area contributed by atoms with Gasteiger partial charge in [-0.2, -0.15) is 0 Å². The van der Waals surface area contributed by atoms with Crippen LogP contribution in [0.3, 0.4) is 0 Å². The van der Waals surface area contributed by atoms with Crippen molar-refractivity contribution in [3.63, 3.8) is 0 Å². The Morgan fingerprint density at radius 2 is 2.04 bits per heavy atom. The zero-order chi connectivity index (χ0) is 17.8. The number of carbonyl (C=O) groups is 1. The Hall–Kier alpha value is -2.24. The Kier molecular flexibility index (Phi) is 5.46. The van der Waals surface area contributed by atoms with Crippen molar-refractivity contribution in [2.45, 2.75) is 18.6 Å². The van der Waals surface area contributed by atoms with E-state index in [0.717, 1.165) is 24.1 Å². The minimum atomic E-state index is -0.000419. The summed E-state index contributed by atoms with van der Waals surface area (Å²) >= 11 is 0. The number of amides is 1. The molecule has 2 atom stereocenters. The van der Waals surface area contributed by atoms with Crippen LogP contribution in [0.5, 0.6) is 0 Å². The fourth-order valence-electron chi connectivity index (χ4n) is 3.38. The van der Waals surface area contributed by atoms with Crippen LogP contribution in [0.25, 0.3) is 11.1 Å². The van der Waals surface area contributed by atoms with Crippen LogP contribution in [0.15, 0.2) is 48.8 Å². The minimum Gasteiger partial charge on any atom is -0.380 e. The predicted octanol–water partition coefficient (Wildman–Crippen LogP) is 2.54. The first-order valence-corrected chi connectivity index (χ1v) is 8.57. The second-order valence-corrected chi connectivity index (χ2v) is 6.70. The molecule has 0 saturated carbocycles. The first kappa shape index (κ1) is 17.6. The molecule has 0 radical (unpaired) electrons. The maximum absolute atomic E-state index is 12.8. The number of benzene rings is 1. The maximum Gasteiger partial charge on any atom is 0.255 e. The fourth-order valence-corrected chi connectivity index (χ4v) is 3.38. The molecule has 2 aromatic rings. The largest absolute Gasteiger partial charge is 0.380 e. The molecular formula is C20H25N3O2. The Labute approximate surface area is 149 Å². The van der Waals surface area contributed by atoms with E-state index in [1.54, 1.807) is 24.4 Å². The van der Waals surface area contributed by atoms with E-state index in [1.165, 1.54) is 0 Å². The van der Waals surface area contributed by atoms with Crippen molar-refractivity contribution in [1.29, 1.82) is 0 Å². The number of likely N-dealkylation sites (tertiary alicyclic amines) is 1. The third kappa shape index (κ3) is 4.06. The van der Waals surface area contributed by atoms with Gasteiger partial charge in [-0.05, 0) is 25.1 Å². The summed E-state index contributed by atoms with van der Waals surface area (Å²) in [6.07, 6.45) is 4.63. The lowest BCUT2D eigenvalue weighted by molar-refractivity contribution is 0.0760. The van der Waals surface area contributed by atoms with E-state index < -0.39 is 0 Å². The van der Waals surface area contributed by atoms with Crippen LogP contribution in [-0.4, -0.2) is 67.1 Å². The van der Waals surface area contributed by atoms with Gasteiger partial charge in [-0.15, -0.1) is 0 Å². The summed E-state index contributed by atoms with van der Waals surface area (Å²) in [4.78, 5) is 21.1. The number of rotatable bonds is 5. The zero-order valence-electron chi connectivity index (χ0n) is 15.1. The van der Waals surface area contributed by atoms with Gasteiger partial charge in [0, 0.05) is 51.2 Å². The van der Waals surface area contributed by atoms with Crippen LogP contribution in [0.1, 0.15) is 16.8 Å². The molecule has 0 N–H and O–H groups in total. The number of aromatic nitrogens is 1. The van der Waals surface area contributed by atoms with Crippen LogP contribution in [-0.2, 0) is 4.74 Å². The number of ether oxygens (including phenoxy) is 1. The molecule has 0 spiro atoms. The molecule has 0 aliphatic carbocycles. The van der Waals surface area contributed by atoms with Crippen molar-refractivity contribution in [1.82, 2.24) is 14.8 Å². The van der Waals surface area contributed by atoms with Gasteiger partial charge < -0.3 is 9.64 Å². The van der Waals surface area contributed by atoms with Crippen molar-refractivity contribution in [3.05, 3.63) is 54.4 Å². The Bertz CT molecular complexity index is 720. The Morgan fingerprint density at radius 3 is 2.72 bits per heavy atom. The maximum atomic E-state index is 12.8. The zero-order valence-corrected chi connectivity index (χ0v) is 15.1. The third-order valence-electron chi connectivity index (χ3n) is 4.91. The summed E-state index contributed by atoms with van der Waals surface area (Å²) < 4.78 is 5.45. The van der Waals surface area contributed by atoms with E-state index >= 15 is 0 Å². The molecule has 1 aromatic carbocycles. The molecule has 3 rings (SSSR count). The molecule has 0 unspecified atom stereocenters. The van der Waals surface area contributed by atoms with Gasteiger partial charge in [0.2, 0.25) is 0 Å². The lowest BCUT2D eigenvalue weighted by atomic mass is 10.1. The number of methoxy groups -OCH3 is 1. The van der Waals surface area contributed by atoms with Gasteiger partial charge in [-0.1, -0.05) is 30.3 Å². The average Bonchev–Trinajstić information content (AvgIpc) is 3.01. The van der Waals surface area contributed by atoms with E-state index in [1.807, 2.05) is 43.4 Å². The molecule has 132 valence electrons. The van der Waals surface area contributed by atoms with Gasteiger partial charge >= 0.3 is 0 Å². The van der Waals surface area contributed by atoms with Crippen LogP contribution in [0.4, 0.5) is 0 Å². The molecule has 25 heavy (non-hydrogen) atoms. The number of nitrogens with zero attached hydrogens (tertiary/aromatic N) is 3. The molecule has 1 saturated heterocycles. The van der Waals surface area contributed by atoms with Crippen molar-refractivity contribution in [2.75, 3.05) is 34.3 Å². The number of likely N-dealkylation sites (N-methyl/N-ethyl adjacent to an activating group) is 2. The lowest BCUT2D eigenvalue weighted by Gasteiger charge is -2.25. The second kappa shape index (κ2) is 7.76. The summed E-state index contributed by atoms with van der Waals surface area (Å²) in [6, 6.07) is 12.2. The van der Waals surface area contributed by atoms with Crippen LogP contribution in [0, 0.1) is 0 Å². The van der Waals surface area contributed by atoms with Crippen molar-refractivity contribution >= 4 is 5.91 Å². The average molecular weight is 339 g/mol.